The van der Waals surface area contributed by atoms with Crippen LogP contribution in [0.25, 0.3) is 0 Å². The highest BCUT2D eigenvalue weighted by molar-refractivity contribution is 5.84. The first kappa shape index (κ1) is 22.9. The van der Waals surface area contributed by atoms with Gasteiger partial charge < -0.3 is 24.3 Å². The van der Waals surface area contributed by atoms with Gasteiger partial charge in [-0.1, -0.05) is 30.3 Å². The molecular weight excluding hydrogens is 446 g/mol. The molecule has 8 heteroatoms. The van der Waals surface area contributed by atoms with Crippen molar-refractivity contribution >= 4 is 11.8 Å². The van der Waals surface area contributed by atoms with E-state index < -0.39 is 12.2 Å². The van der Waals surface area contributed by atoms with Crippen molar-refractivity contribution in [3.8, 4) is 17.6 Å². The molecule has 4 atom stereocenters. The normalized spacial score (nSPS) is 22.7. The minimum atomic E-state index is -0.565. The third kappa shape index (κ3) is 5.61. The number of hydrogen-bond acceptors (Lipinski definition) is 7. The molecule has 0 aromatic heterocycles. The van der Waals surface area contributed by atoms with Crippen molar-refractivity contribution in [3.05, 3.63) is 90.0 Å². The summed E-state index contributed by atoms with van der Waals surface area (Å²) < 4.78 is 23.2. The van der Waals surface area contributed by atoms with Gasteiger partial charge in [-0.25, -0.2) is 4.79 Å². The standard InChI is InChI=1S/C27H25N3O5/c28-14-18-5-4-6-19(13-18)15-29-23-16-32-26-24(17-33-25(23)26)35-27(31)30-20-9-11-22(12-10-20)34-21-7-2-1-3-8-21/h1-13,23-26,29H,15-17H2,(H,30,31)/t23-,24-,25-,26+/m0/s1. The lowest BCUT2D eigenvalue weighted by Gasteiger charge is -2.18. The zero-order valence-corrected chi connectivity index (χ0v) is 18.9. The molecule has 0 bridgehead atoms. The largest absolute Gasteiger partial charge is 0.457 e. The van der Waals surface area contributed by atoms with E-state index in [1.807, 2.05) is 48.5 Å². The Morgan fingerprint density at radius 2 is 1.71 bits per heavy atom. The van der Waals surface area contributed by atoms with E-state index in [0.717, 1.165) is 11.3 Å². The fourth-order valence-corrected chi connectivity index (χ4v) is 4.26. The zero-order valence-electron chi connectivity index (χ0n) is 18.9. The summed E-state index contributed by atoms with van der Waals surface area (Å²) in [6.07, 6.45) is -1.59. The van der Waals surface area contributed by atoms with Crippen LogP contribution in [0.3, 0.4) is 0 Å². The van der Waals surface area contributed by atoms with E-state index in [9.17, 15) is 4.79 Å². The van der Waals surface area contributed by atoms with Crippen LogP contribution in [0, 0.1) is 11.3 Å². The predicted molar refractivity (Wildman–Crippen MR) is 128 cm³/mol. The summed E-state index contributed by atoms with van der Waals surface area (Å²) in [5.74, 6) is 1.41. The van der Waals surface area contributed by atoms with Crippen LogP contribution in [0.5, 0.6) is 11.5 Å². The van der Waals surface area contributed by atoms with Gasteiger partial charge in [0.05, 0.1) is 30.9 Å². The van der Waals surface area contributed by atoms with Crippen LogP contribution in [-0.2, 0) is 20.8 Å². The van der Waals surface area contributed by atoms with Gasteiger partial charge in [0.25, 0.3) is 0 Å². The second-order valence-corrected chi connectivity index (χ2v) is 8.40. The van der Waals surface area contributed by atoms with Gasteiger partial charge in [0, 0.05) is 12.2 Å². The van der Waals surface area contributed by atoms with Crippen LogP contribution in [0.4, 0.5) is 10.5 Å². The minimum absolute atomic E-state index is 0.0282. The van der Waals surface area contributed by atoms with Crippen LogP contribution in [0.15, 0.2) is 78.9 Å². The van der Waals surface area contributed by atoms with Gasteiger partial charge in [0.15, 0.2) is 6.10 Å². The number of para-hydroxylation sites is 1. The number of anilines is 1. The van der Waals surface area contributed by atoms with Crippen molar-refractivity contribution in [2.24, 2.45) is 0 Å². The predicted octanol–water partition coefficient (Wildman–Crippen LogP) is 4.22. The maximum absolute atomic E-state index is 12.5. The number of rotatable bonds is 7. The summed E-state index contributed by atoms with van der Waals surface area (Å²) >= 11 is 0. The lowest BCUT2D eigenvalue weighted by molar-refractivity contribution is 0.00854. The van der Waals surface area contributed by atoms with Crippen LogP contribution in [0.1, 0.15) is 11.1 Å². The molecule has 1 amide bonds. The summed E-state index contributed by atoms with van der Waals surface area (Å²) in [4.78, 5) is 12.5. The monoisotopic (exact) mass is 471 g/mol. The molecule has 35 heavy (non-hydrogen) atoms. The highest BCUT2D eigenvalue weighted by Crippen LogP contribution is 2.30. The molecule has 3 aromatic rings. The Morgan fingerprint density at radius 3 is 2.51 bits per heavy atom. The topological polar surface area (TPSA) is 102 Å². The van der Waals surface area contributed by atoms with E-state index >= 15 is 0 Å². The van der Waals surface area contributed by atoms with Crippen molar-refractivity contribution in [2.75, 3.05) is 18.5 Å². The van der Waals surface area contributed by atoms with Gasteiger partial charge in [-0.3, -0.25) is 5.32 Å². The molecule has 2 aliphatic heterocycles. The third-order valence-electron chi connectivity index (χ3n) is 5.97. The van der Waals surface area contributed by atoms with Crippen molar-refractivity contribution in [2.45, 2.75) is 30.9 Å². The first-order chi connectivity index (χ1) is 17.2. The summed E-state index contributed by atoms with van der Waals surface area (Å²) in [7, 11) is 0. The molecule has 178 valence electrons. The summed E-state index contributed by atoms with van der Waals surface area (Å²) in [5.41, 5.74) is 2.23. The van der Waals surface area contributed by atoms with Gasteiger partial charge in [0.2, 0.25) is 0 Å². The van der Waals surface area contributed by atoms with E-state index in [1.54, 1.807) is 30.3 Å². The van der Waals surface area contributed by atoms with Crippen LogP contribution < -0.4 is 15.4 Å². The number of nitrogens with zero attached hydrogens (tertiary/aromatic N) is 1. The maximum atomic E-state index is 12.5. The quantitative estimate of drug-likeness (QED) is 0.532. The highest BCUT2D eigenvalue weighted by Gasteiger charge is 2.49. The Balaban J connectivity index is 1.10. The van der Waals surface area contributed by atoms with Gasteiger partial charge in [-0.15, -0.1) is 0 Å². The zero-order chi connectivity index (χ0) is 24.0. The number of benzene rings is 3. The van der Waals surface area contributed by atoms with Crippen LogP contribution in [-0.4, -0.2) is 43.7 Å². The third-order valence-corrected chi connectivity index (χ3v) is 5.97. The molecule has 2 saturated heterocycles. The van der Waals surface area contributed by atoms with E-state index in [1.165, 1.54) is 0 Å². The molecule has 3 aromatic carbocycles. The average molecular weight is 472 g/mol. The number of hydrogen-bond donors (Lipinski definition) is 2. The molecule has 5 rings (SSSR count). The number of fused-ring (bicyclic) bond motifs is 1. The fraction of sp³-hybridized carbons (Fsp3) is 0.259. The Morgan fingerprint density at radius 1 is 0.943 bits per heavy atom. The number of nitriles is 1. The van der Waals surface area contributed by atoms with E-state index in [-0.39, 0.29) is 24.9 Å². The summed E-state index contributed by atoms with van der Waals surface area (Å²) in [6, 6.07) is 26.1. The number of ether oxygens (including phenoxy) is 4. The summed E-state index contributed by atoms with van der Waals surface area (Å²) in [5, 5.41) is 15.2. The van der Waals surface area contributed by atoms with Crippen molar-refractivity contribution in [3.63, 3.8) is 0 Å². The number of nitrogens with one attached hydrogen (secondary N) is 2. The molecule has 0 unspecified atom stereocenters. The minimum Gasteiger partial charge on any atom is -0.457 e. The molecule has 0 saturated carbocycles. The van der Waals surface area contributed by atoms with Crippen LogP contribution in [0.2, 0.25) is 0 Å². The van der Waals surface area contributed by atoms with Gasteiger partial charge in [-0.2, -0.15) is 5.26 Å². The second-order valence-electron chi connectivity index (χ2n) is 8.40. The molecular formula is C27H25N3O5. The molecule has 0 spiro atoms. The van der Waals surface area contributed by atoms with E-state index in [4.69, 9.17) is 24.2 Å². The smallest absolute Gasteiger partial charge is 0.412 e. The van der Waals surface area contributed by atoms with E-state index in [2.05, 4.69) is 16.7 Å². The molecule has 8 nitrogen and oxygen atoms in total. The Hall–Kier alpha value is -3.90. The SMILES string of the molecule is N#Cc1cccc(CN[C@H]2CO[C@H]3[C@H]2OC[C@@H]3OC(=O)Nc2ccc(Oc3ccccc3)cc2)c1. The van der Waals surface area contributed by atoms with Gasteiger partial charge >= 0.3 is 6.09 Å². The number of carbonyl (C=O) groups is 1. The number of amides is 1. The van der Waals surface area contributed by atoms with Crippen molar-refractivity contribution < 1.29 is 23.7 Å². The lowest BCUT2D eigenvalue weighted by atomic mass is 10.1. The van der Waals surface area contributed by atoms with E-state index in [0.29, 0.717) is 30.2 Å². The molecule has 2 fully saturated rings. The molecule has 2 aliphatic rings. The lowest BCUT2D eigenvalue weighted by Crippen LogP contribution is -2.41. The van der Waals surface area contributed by atoms with Crippen molar-refractivity contribution in [1.29, 1.82) is 5.26 Å². The summed E-state index contributed by atoms with van der Waals surface area (Å²) in [6.45, 7) is 1.32. The Bertz CT molecular complexity index is 1200. The molecule has 2 heterocycles. The number of carbonyl (C=O) groups excluding carboxylic acids is 1. The van der Waals surface area contributed by atoms with Gasteiger partial charge in [-0.05, 0) is 54.1 Å². The van der Waals surface area contributed by atoms with Crippen LogP contribution >= 0.6 is 0 Å². The second kappa shape index (κ2) is 10.6. The van der Waals surface area contributed by atoms with Gasteiger partial charge in [0.1, 0.15) is 23.7 Å². The highest BCUT2D eigenvalue weighted by atomic mass is 16.6. The molecule has 0 radical (unpaired) electrons. The Kier molecular flexibility index (Phi) is 6.91. The fourth-order valence-electron chi connectivity index (χ4n) is 4.26. The average Bonchev–Trinajstić information content (AvgIpc) is 3.47. The molecule has 0 aliphatic carbocycles. The van der Waals surface area contributed by atoms with Crippen molar-refractivity contribution in [1.82, 2.24) is 5.32 Å². The molecule has 2 N–H and O–H groups in total. The first-order valence-electron chi connectivity index (χ1n) is 11.4. The first-order valence-corrected chi connectivity index (χ1v) is 11.4. The Labute approximate surface area is 203 Å². The maximum Gasteiger partial charge on any atom is 0.412 e.